The Hall–Kier alpha value is -0.820. The highest BCUT2D eigenvalue weighted by Gasteiger charge is 2.34. The number of nitrogens with one attached hydrogen (secondary N) is 1. The average molecular weight is 295 g/mol. The van der Waals surface area contributed by atoms with Gasteiger partial charge in [-0.3, -0.25) is 9.69 Å². The van der Waals surface area contributed by atoms with E-state index >= 15 is 0 Å². The molecule has 3 N–H and O–H groups in total. The Labute approximate surface area is 117 Å². The second-order valence-corrected chi connectivity index (χ2v) is 5.41. The van der Waals surface area contributed by atoms with Crippen LogP contribution >= 0.6 is 0 Å². The summed E-state index contributed by atoms with van der Waals surface area (Å²) in [6, 6.07) is 0. The number of hydrogen-bond donors (Lipinski definition) is 2. The molecule has 1 unspecified atom stereocenters. The molecule has 118 valence electrons. The fourth-order valence-corrected chi connectivity index (χ4v) is 2.43. The third-order valence-electron chi connectivity index (χ3n) is 3.47. The predicted octanol–water partition coefficient (Wildman–Crippen LogP) is 1.51. The van der Waals surface area contributed by atoms with Gasteiger partial charge in [0.05, 0.1) is 6.54 Å². The molecular formula is C13H24F3N3O. The zero-order chi connectivity index (χ0) is 15.0. The third-order valence-corrected chi connectivity index (χ3v) is 3.47. The Morgan fingerprint density at radius 1 is 1.30 bits per heavy atom. The lowest BCUT2D eigenvalue weighted by Gasteiger charge is -2.18. The highest BCUT2D eigenvalue weighted by Crippen LogP contribution is 2.22. The molecule has 1 fully saturated rings. The molecule has 0 radical (unpaired) electrons. The Kier molecular flexibility index (Phi) is 7.29. The van der Waals surface area contributed by atoms with Crippen molar-refractivity contribution in [3.05, 3.63) is 0 Å². The first kappa shape index (κ1) is 17.2. The Morgan fingerprint density at radius 2 is 2.05 bits per heavy atom. The summed E-state index contributed by atoms with van der Waals surface area (Å²) in [6.07, 6.45) is -0.285. The van der Waals surface area contributed by atoms with Crippen molar-refractivity contribution >= 4 is 5.91 Å². The highest BCUT2D eigenvalue weighted by atomic mass is 19.4. The maximum atomic E-state index is 12.2. The zero-order valence-corrected chi connectivity index (χ0v) is 11.7. The number of nitrogens with two attached hydrogens (primary N) is 1. The van der Waals surface area contributed by atoms with Crippen molar-refractivity contribution in [2.24, 2.45) is 11.7 Å². The molecule has 0 aliphatic carbocycles. The third kappa shape index (κ3) is 7.69. The van der Waals surface area contributed by atoms with Gasteiger partial charge in [-0.05, 0) is 38.3 Å². The van der Waals surface area contributed by atoms with E-state index in [1.165, 1.54) is 4.90 Å². The standard InChI is InChI=1S/C13H24F3N3O/c14-13(15,16)10-19-7-5-11(9-19)8-18-12(20)4-2-1-3-6-17/h11H,1-10,17H2,(H,18,20). The molecule has 0 aromatic carbocycles. The number of alkyl halides is 3. The van der Waals surface area contributed by atoms with Crippen molar-refractivity contribution in [1.82, 2.24) is 10.2 Å². The molecule has 4 nitrogen and oxygen atoms in total. The smallest absolute Gasteiger partial charge is 0.356 e. The van der Waals surface area contributed by atoms with Gasteiger partial charge in [0.25, 0.3) is 0 Å². The molecule has 0 aromatic heterocycles. The largest absolute Gasteiger partial charge is 0.401 e. The molecule has 1 saturated heterocycles. The van der Waals surface area contributed by atoms with Crippen LogP contribution in [0.1, 0.15) is 32.1 Å². The summed E-state index contributed by atoms with van der Waals surface area (Å²) in [5, 5.41) is 2.81. The minimum Gasteiger partial charge on any atom is -0.356 e. The lowest BCUT2D eigenvalue weighted by atomic mass is 10.1. The number of carbonyl (C=O) groups excluding carboxylic acids is 1. The summed E-state index contributed by atoms with van der Waals surface area (Å²) in [5.74, 6) is 0.113. The number of likely N-dealkylation sites (tertiary alicyclic amines) is 1. The highest BCUT2D eigenvalue weighted by molar-refractivity contribution is 5.75. The van der Waals surface area contributed by atoms with Gasteiger partial charge < -0.3 is 11.1 Å². The van der Waals surface area contributed by atoms with Gasteiger partial charge in [-0.1, -0.05) is 6.42 Å². The van der Waals surface area contributed by atoms with Crippen LogP contribution in [0.3, 0.4) is 0 Å². The minimum absolute atomic E-state index is 0.0173. The van der Waals surface area contributed by atoms with Gasteiger partial charge in [0.1, 0.15) is 0 Å². The molecule has 1 aliphatic heterocycles. The van der Waals surface area contributed by atoms with E-state index in [0.29, 0.717) is 39.0 Å². The lowest BCUT2D eigenvalue weighted by molar-refractivity contribution is -0.143. The quantitative estimate of drug-likeness (QED) is 0.667. The van der Waals surface area contributed by atoms with E-state index in [9.17, 15) is 18.0 Å². The van der Waals surface area contributed by atoms with Gasteiger partial charge in [-0.25, -0.2) is 0 Å². The summed E-state index contributed by atoms with van der Waals surface area (Å²) in [7, 11) is 0. The molecule has 0 aromatic rings. The van der Waals surface area contributed by atoms with Crippen molar-refractivity contribution in [1.29, 1.82) is 0 Å². The zero-order valence-electron chi connectivity index (χ0n) is 11.7. The molecule has 1 rings (SSSR count). The van der Waals surface area contributed by atoms with Crippen LogP contribution in [-0.2, 0) is 4.79 Å². The van der Waals surface area contributed by atoms with Crippen LogP contribution in [0, 0.1) is 5.92 Å². The summed E-state index contributed by atoms with van der Waals surface area (Å²) in [5.41, 5.74) is 5.36. The average Bonchev–Trinajstić information content (AvgIpc) is 2.77. The van der Waals surface area contributed by atoms with Crippen LogP contribution in [0.15, 0.2) is 0 Å². The SMILES string of the molecule is NCCCCCC(=O)NCC1CCN(CC(F)(F)F)C1. The molecule has 0 spiro atoms. The van der Waals surface area contributed by atoms with Crippen molar-refractivity contribution in [3.63, 3.8) is 0 Å². The topological polar surface area (TPSA) is 58.4 Å². The number of amides is 1. The Balaban J connectivity index is 2.09. The fourth-order valence-electron chi connectivity index (χ4n) is 2.43. The van der Waals surface area contributed by atoms with Crippen LogP contribution in [-0.4, -0.2) is 49.7 Å². The maximum Gasteiger partial charge on any atom is 0.401 e. The first-order valence-electron chi connectivity index (χ1n) is 7.16. The fraction of sp³-hybridized carbons (Fsp3) is 0.923. The number of carbonyl (C=O) groups is 1. The number of rotatable bonds is 8. The maximum absolute atomic E-state index is 12.2. The monoisotopic (exact) mass is 295 g/mol. The second-order valence-electron chi connectivity index (χ2n) is 5.41. The van der Waals surface area contributed by atoms with Gasteiger partial charge in [0.15, 0.2) is 0 Å². The van der Waals surface area contributed by atoms with Gasteiger partial charge in [-0.15, -0.1) is 0 Å². The second kappa shape index (κ2) is 8.46. The van der Waals surface area contributed by atoms with Crippen molar-refractivity contribution < 1.29 is 18.0 Å². The number of hydrogen-bond acceptors (Lipinski definition) is 3. The minimum atomic E-state index is -4.14. The lowest BCUT2D eigenvalue weighted by Crippen LogP contribution is -2.34. The van der Waals surface area contributed by atoms with E-state index in [2.05, 4.69) is 5.32 Å². The van der Waals surface area contributed by atoms with E-state index in [-0.39, 0.29) is 11.8 Å². The van der Waals surface area contributed by atoms with E-state index in [1.807, 2.05) is 0 Å². The Morgan fingerprint density at radius 3 is 2.70 bits per heavy atom. The van der Waals surface area contributed by atoms with E-state index in [4.69, 9.17) is 5.73 Å². The van der Waals surface area contributed by atoms with Gasteiger partial charge >= 0.3 is 6.18 Å². The number of nitrogens with zero attached hydrogens (tertiary/aromatic N) is 1. The molecule has 20 heavy (non-hydrogen) atoms. The van der Waals surface area contributed by atoms with Crippen LogP contribution < -0.4 is 11.1 Å². The van der Waals surface area contributed by atoms with Crippen molar-refractivity contribution in [2.45, 2.75) is 38.3 Å². The summed E-state index contributed by atoms with van der Waals surface area (Å²) in [6.45, 7) is 1.13. The first-order valence-corrected chi connectivity index (χ1v) is 7.16. The van der Waals surface area contributed by atoms with Gasteiger partial charge in [0.2, 0.25) is 5.91 Å². The normalized spacial score (nSPS) is 20.3. The van der Waals surface area contributed by atoms with Crippen molar-refractivity contribution in [3.8, 4) is 0 Å². The first-order chi connectivity index (χ1) is 9.40. The molecule has 0 saturated carbocycles. The number of halogens is 3. The summed E-state index contributed by atoms with van der Waals surface area (Å²) < 4.78 is 36.7. The summed E-state index contributed by atoms with van der Waals surface area (Å²) >= 11 is 0. The predicted molar refractivity (Wildman–Crippen MR) is 71.1 cm³/mol. The van der Waals surface area contributed by atoms with Gasteiger partial charge in [-0.2, -0.15) is 13.2 Å². The van der Waals surface area contributed by atoms with E-state index < -0.39 is 12.7 Å². The molecule has 1 atom stereocenters. The van der Waals surface area contributed by atoms with Gasteiger partial charge in [0, 0.05) is 19.5 Å². The van der Waals surface area contributed by atoms with Crippen molar-refractivity contribution in [2.75, 3.05) is 32.7 Å². The van der Waals surface area contributed by atoms with Crippen LogP contribution in [0.4, 0.5) is 13.2 Å². The van der Waals surface area contributed by atoms with Crippen LogP contribution in [0.25, 0.3) is 0 Å². The van der Waals surface area contributed by atoms with Crippen LogP contribution in [0.5, 0.6) is 0 Å². The molecule has 7 heteroatoms. The van der Waals surface area contributed by atoms with Crippen LogP contribution in [0.2, 0.25) is 0 Å². The Bertz CT molecular complexity index is 297. The number of unbranched alkanes of at least 4 members (excludes halogenated alkanes) is 2. The molecule has 1 amide bonds. The molecule has 1 heterocycles. The molecule has 1 aliphatic rings. The summed E-state index contributed by atoms with van der Waals surface area (Å²) in [4.78, 5) is 12.9. The molecular weight excluding hydrogens is 271 g/mol. The molecule has 0 bridgehead atoms. The van der Waals surface area contributed by atoms with E-state index in [0.717, 1.165) is 19.3 Å². The van der Waals surface area contributed by atoms with E-state index in [1.54, 1.807) is 0 Å².